The summed E-state index contributed by atoms with van der Waals surface area (Å²) >= 11 is 0. The largest absolute Gasteiger partial charge is 0.586 e. The van der Waals surface area contributed by atoms with Crippen LogP contribution in [0.2, 0.25) is 0 Å². The lowest BCUT2D eigenvalue weighted by molar-refractivity contribution is -0.367. The maximum atomic E-state index is 10.9. The van der Waals surface area contributed by atoms with E-state index in [0.29, 0.717) is 0 Å². The van der Waals surface area contributed by atoms with Gasteiger partial charge in [-0.15, -0.1) is 0 Å². The Morgan fingerprint density at radius 2 is 1.38 bits per heavy atom. The third-order valence-corrected chi connectivity index (χ3v) is 2.25. The molecule has 0 aromatic rings. The van der Waals surface area contributed by atoms with E-state index in [1.54, 1.807) is 0 Å². The van der Waals surface area contributed by atoms with E-state index in [0.717, 1.165) is 7.11 Å². The van der Waals surface area contributed by atoms with Gasteiger partial charge in [-0.2, -0.15) is 0 Å². The van der Waals surface area contributed by atoms with Crippen molar-refractivity contribution >= 4 is 42.0 Å². The smallest absolute Gasteiger partial charge is 0.469 e. The highest BCUT2D eigenvalue weighted by molar-refractivity contribution is 6.05. The van der Waals surface area contributed by atoms with Gasteiger partial charge < -0.3 is 19.3 Å². The molecular weight excluding hydrogens is 400 g/mol. The van der Waals surface area contributed by atoms with Gasteiger partial charge in [-0.05, 0) is 6.92 Å². The Hall–Kier alpha value is -2.87. The number of esters is 2. The molecule has 29 heavy (non-hydrogen) atoms. The summed E-state index contributed by atoms with van der Waals surface area (Å²) in [5.74, 6) is -3.34. The first kappa shape index (κ1) is 30.8. The molecule has 0 rings (SSSR count). The molecule has 0 atom stereocenters. The van der Waals surface area contributed by atoms with Crippen molar-refractivity contribution < 1.29 is 62.7 Å². The van der Waals surface area contributed by atoms with Crippen molar-refractivity contribution in [3.8, 4) is 0 Å². The number of ether oxygens (including phenoxy) is 3. The van der Waals surface area contributed by atoms with Gasteiger partial charge in [-0.25, -0.2) is 10.1 Å². The minimum Gasteiger partial charge on any atom is -0.469 e. The van der Waals surface area contributed by atoms with E-state index in [-0.39, 0.29) is 25.4 Å². The van der Waals surface area contributed by atoms with Crippen molar-refractivity contribution in [2.45, 2.75) is 32.6 Å². The first-order chi connectivity index (χ1) is 13.6. The third kappa shape index (κ3) is 27.5. The molecule has 13 nitrogen and oxygen atoms in total. The van der Waals surface area contributed by atoms with Gasteiger partial charge in [-0.1, -0.05) is 0 Å². The average Bonchev–Trinajstić information content (AvgIpc) is 2.65. The molecule has 13 heteroatoms. The number of hydrogen-bond acceptors (Lipinski definition) is 12. The topological polar surface area (TPSA) is 191 Å². The summed E-state index contributed by atoms with van der Waals surface area (Å²) in [6.45, 7) is 3.31. The second kappa shape index (κ2) is 21.4. The van der Waals surface area contributed by atoms with E-state index >= 15 is 0 Å². The maximum Gasteiger partial charge on any atom is 0.586 e. The monoisotopic (exact) mass is 425 g/mol. The van der Waals surface area contributed by atoms with Crippen LogP contribution in [-0.2, 0) is 52.3 Å². The van der Waals surface area contributed by atoms with Crippen LogP contribution >= 0.6 is 0 Å². The summed E-state index contributed by atoms with van der Waals surface area (Å²) in [6.07, 6.45) is -1.45. The van der Waals surface area contributed by atoms with Crippen molar-refractivity contribution in [3.05, 3.63) is 0 Å². The molecule has 0 bridgehead atoms. The zero-order chi connectivity index (χ0) is 23.2. The molecule has 0 aromatic heterocycles. The van der Waals surface area contributed by atoms with Gasteiger partial charge in [0.05, 0.1) is 13.5 Å². The second-order valence-electron chi connectivity index (χ2n) is 4.76. The summed E-state index contributed by atoms with van der Waals surface area (Å²) in [4.78, 5) is 66.8. The minimum absolute atomic E-state index is 0.174. The Morgan fingerprint density at radius 3 is 1.76 bits per heavy atom. The van der Waals surface area contributed by atoms with Crippen LogP contribution in [0.3, 0.4) is 0 Å². The zero-order valence-electron chi connectivity index (χ0n) is 16.3. The van der Waals surface area contributed by atoms with Crippen LogP contribution < -0.4 is 0 Å². The quantitative estimate of drug-likeness (QED) is 0.101. The highest BCUT2D eigenvalue weighted by Gasteiger charge is 2.20. The van der Waals surface area contributed by atoms with Crippen LogP contribution in [-0.4, -0.2) is 80.2 Å². The molecule has 0 aliphatic heterocycles. The Kier molecular flexibility index (Phi) is 22.8. The summed E-state index contributed by atoms with van der Waals surface area (Å²) in [7, 11) is 2.53. The standard InChI is InChI=1S/C8H12O5.C7H9O5.CH4O3/c1-6(9)3-7(10)4-8(11)13-5-12-2;1-11-6(9)3-5(8)4-7(10)12-2;2-1-4-3/h3-5H2,1-2H3;1,3-4H2,2H3;2-3H,1H2/q;+1;. The lowest BCUT2D eigenvalue weighted by atomic mass is 10.2. The first-order valence-electron chi connectivity index (χ1n) is 7.64. The normalized spacial score (nSPS) is 8.86. The van der Waals surface area contributed by atoms with E-state index in [2.05, 4.69) is 30.3 Å². The fourth-order valence-corrected chi connectivity index (χ4v) is 1.18. The number of Topliss-reactive ketones (excluding diaryl/α,β-unsaturated/α-hetero) is 3. The molecule has 0 saturated heterocycles. The Labute approximate surface area is 166 Å². The number of aliphatic hydroxyl groups excluding tert-OH is 1. The molecule has 0 amide bonds. The van der Waals surface area contributed by atoms with Gasteiger partial charge in [0, 0.05) is 11.9 Å². The van der Waals surface area contributed by atoms with Gasteiger partial charge in [-0.3, -0.25) is 28.4 Å². The predicted octanol–water partition coefficient (Wildman–Crippen LogP) is -1.10. The van der Waals surface area contributed by atoms with Crippen LogP contribution in [0.15, 0.2) is 0 Å². The number of carbonyl (C=O) groups excluding carboxylic acids is 7. The molecule has 0 fully saturated rings. The molecule has 0 aromatic carbocycles. The lowest BCUT2D eigenvalue weighted by Gasteiger charge is -2.01. The Bertz CT molecular complexity index is 551. The van der Waals surface area contributed by atoms with E-state index < -0.39 is 49.1 Å². The predicted molar refractivity (Wildman–Crippen MR) is 92.1 cm³/mol. The molecule has 2 N–H and O–H groups in total. The van der Waals surface area contributed by atoms with Crippen molar-refractivity contribution in [2.24, 2.45) is 0 Å². The number of ketones is 3. The maximum absolute atomic E-state index is 10.9. The summed E-state index contributed by atoms with van der Waals surface area (Å²) in [6, 6.07) is 0. The van der Waals surface area contributed by atoms with E-state index in [1.165, 1.54) is 14.0 Å². The van der Waals surface area contributed by atoms with E-state index in [1.807, 2.05) is 0 Å². The molecule has 0 heterocycles. The lowest BCUT2D eigenvalue weighted by Crippen LogP contribution is -2.14. The highest BCUT2D eigenvalue weighted by atomic mass is 17.1. The molecule has 0 aliphatic rings. The minimum atomic E-state index is -0.760. The highest BCUT2D eigenvalue weighted by Crippen LogP contribution is 1.94. The van der Waals surface area contributed by atoms with E-state index in [4.69, 9.17) is 10.4 Å². The number of aliphatic hydroxyl groups is 1. The summed E-state index contributed by atoms with van der Waals surface area (Å²) in [5.41, 5.74) is 0. The van der Waals surface area contributed by atoms with E-state index in [9.17, 15) is 28.8 Å². The van der Waals surface area contributed by atoms with Gasteiger partial charge in [0.15, 0.2) is 38.4 Å². The first-order valence-corrected chi connectivity index (χ1v) is 7.64. The van der Waals surface area contributed by atoms with Crippen molar-refractivity contribution in [3.63, 3.8) is 0 Å². The fourth-order valence-electron chi connectivity index (χ4n) is 1.18. The number of rotatable bonds is 11. The van der Waals surface area contributed by atoms with Crippen LogP contribution in [0.4, 0.5) is 0 Å². The van der Waals surface area contributed by atoms with Crippen LogP contribution in [0.1, 0.15) is 32.6 Å². The van der Waals surface area contributed by atoms with Gasteiger partial charge in [0.1, 0.15) is 18.6 Å². The summed E-state index contributed by atoms with van der Waals surface area (Å²) < 4.78 is 17.1. The van der Waals surface area contributed by atoms with Gasteiger partial charge in [0.25, 0.3) is 0 Å². The number of hydrogen-bond donors (Lipinski definition) is 2. The Morgan fingerprint density at radius 1 is 0.897 bits per heavy atom. The van der Waals surface area contributed by atoms with Gasteiger partial charge in [0.2, 0.25) is 0 Å². The van der Waals surface area contributed by atoms with Crippen molar-refractivity contribution in [2.75, 3.05) is 27.8 Å². The molecule has 0 unspecified atom stereocenters. The van der Waals surface area contributed by atoms with Gasteiger partial charge >= 0.3 is 17.9 Å². The van der Waals surface area contributed by atoms with Crippen LogP contribution in [0.25, 0.3) is 0 Å². The second-order valence-corrected chi connectivity index (χ2v) is 4.76. The molecule has 166 valence electrons. The molecule has 0 aliphatic carbocycles. The third-order valence-electron chi connectivity index (χ3n) is 2.25. The average molecular weight is 425 g/mol. The fraction of sp³-hybridized carbons (Fsp3) is 0.562. The number of methoxy groups -OCH3 is 2. The van der Waals surface area contributed by atoms with Crippen molar-refractivity contribution in [1.82, 2.24) is 0 Å². The van der Waals surface area contributed by atoms with Crippen molar-refractivity contribution in [1.29, 1.82) is 0 Å². The molecule has 0 radical (unpaired) electrons. The SMILES string of the molecule is C=[O+]C(=O)CC(=O)CC(=O)OC.COCOC(=O)CC(=O)CC(C)=O.OCOO. The molecular formula is C16H25O13+. The zero-order valence-corrected chi connectivity index (χ0v) is 16.3. The molecule has 0 saturated carbocycles. The van der Waals surface area contributed by atoms with Crippen LogP contribution in [0, 0.1) is 0 Å². The Balaban J connectivity index is -0.000000394. The molecule has 0 spiro atoms. The van der Waals surface area contributed by atoms with Crippen LogP contribution in [0.5, 0.6) is 0 Å². The summed E-state index contributed by atoms with van der Waals surface area (Å²) in [5, 5.41) is 14.5. The number of carbonyl (C=O) groups is 6.